The van der Waals surface area contributed by atoms with Crippen LogP contribution in [0.4, 0.5) is 0 Å². The van der Waals surface area contributed by atoms with Gasteiger partial charge in [-0.2, -0.15) is 0 Å². The summed E-state index contributed by atoms with van der Waals surface area (Å²) in [7, 11) is 0. The van der Waals surface area contributed by atoms with E-state index in [2.05, 4.69) is 32.9 Å². The van der Waals surface area contributed by atoms with Crippen molar-refractivity contribution in [1.29, 1.82) is 0 Å². The van der Waals surface area contributed by atoms with E-state index in [1.807, 2.05) is 18.2 Å². The number of aldehydes is 1. The third-order valence-corrected chi connectivity index (χ3v) is 6.36. The Labute approximate surface area is 179 Å². The van der Waals surface area contributed by atoms with E-state index in [9.17, 15) is 19.8 Å². The van der Waals surface area contributed by atoms with Gasteiger partial charge in [-0.05, 0) is 54.9 Å². The number of ketones is 1. The first-order valence-electron chi connectivity index (χ1n) is 10.4. The Kier molecular flexibility index (Phi) is 5.33. The molecule has 1 aliphatic rings. The summed E-state index contributed by atoms with van der Waals surface area (Å²) in [4.78, 5) is 23.5. The summed E-state index contributed by atoms with van der Waals surface area (Å²) in [6.45, 7) is 11.2. The lowest BCUT2D eigenvalue weighted by molar-refractivity contribution is -0.122. The van der Waals surface area contributed by atoms with Gasteiger partial charge in [0.15, 0.2) is 12.1 Å². The van der Waals surface area contributed by atoms with Gasteiger partial charge in [0.2, 0.25) is 0 Å². The van der Waals surface area contributed by atoms with Crippen molar-refractivity contribution in [2.24, 2.45) is 0 Å². The Hall–Kier alpha value is -2.30. The van der Waals surface area contributed by atoms with Crippen molar-refractivity contribution < 1.29 is 19.8 Å². The zero-order valence-electron chi connectivity index (χ0n) is 18.7. The van der Waals surface area contributed by atoms with Gasteiger partial charge in [-0.15, -0.1) is 0 Å². The number of carbonyl (C=O) groups excluding carboxylic acids is 2. The van der Waals surface area contributed by atoms with Crippen LogP contribution in [0, 0.1) is 0 Å². The van der Waals surface area contributed by atoms with E-state index in [-0.39, 0.29) is 23.0 Å². The SMILES string of the molecule is CC(O)(C=O)Cc1ccc2c(c1)C(C)(C)CC2(C)c1ccc(C(=O)C(C)(C)O)cc1. The van der Waals surface area contributed by atoms with Crippen LogP contribution in [0.25, 0.3) is 0 Å². The molecule has 0 heterocycles. The normalized spacial score (nSPS) is 22.3. The van der Waals surface area contributed by atoms with Gasteiger partial charge < -0.3 is 15.0 Å². The number of fused-ring (bicyclic) bond motifs is 1. The Morgan fingerprint density at radius 1 is 1.00 bits per heavy atom. The van der Waals surface area contributed by atoms with Crippen molar-refractivity contribution in [3.63, 3.8) is 0 Å². The summed E-state index contributed by atoms with van der Waals surface area (Å²) >= 11 is 0. The summed E-state index contributed by atoms with van der Waals surface area (Å²) in [6.07, 6.45) is 1.78. The molecule has 1 aliphatic carbocycles. The highest BCUT2D eigenvalue weighted by Crippen LogP contribution is 2.53. The first kappa shape index (κ1) is 22.4. The summed E-state index contributed by atoms with van der Waals surface area (Å²) in [5.74, 6) is -0.293. The third-order valence-electron chi connectivity index (χ3n) is 6.36. The molecule has 2 N–H and O–H groups in total. The van der Waals surface area contributed by atoms with E-state index < -0.39 is 11.2 Å². The minimum atomic E-state index is -1.40. The van der Waals surface area contributed by atoms with Gasteiger partial charge in [-0.3, -0.25) is 4.79 Å². The van der Waals surface area contributed by atoms with Crippen LogP contribution in [0.2, 0.25) is 0 Å². The summed E-state index contributed by atoms with van der Waals surface area (Å²) in [5, 5.41) is 20.2. The molecule has 0 amide bonds. The van der Waals surface area contributed by atoms with Crippen LogP contribution in [-0.4, -0.2) is 33.5 Å². The second kappa shape index (κ2) is 7.14. The van der Waals surface area contributed by atoms with Gasteiger partial charge in [-0.25, -0.2) is 0 Å². The van der Waals surface area contributed by atoms with E-state index in [0.29, 0.717) is 11.8 Å². The smallest absolute Gasteiger partial charge is 0.193 e. The predicted octanol–water partition coefficient (Wildman–Crippen LogP) is 4.12. The molecule has 0 spiro atoms. The van der Waals surface area contributed by atoms with Gasteiger partial charge in [-0.1, -0.05) is 63.2 Å². The number of Topliss-reactive ketones (excluding diaryl/α,β-unsaturated/α-hetero) is 1. The molecule has 30 heavy (non-hydrogen) atoms. The molecular formula is C26H32O4. The molecule has 2 aromatic carbocycles. The van der Waals surface area contributed by atoms with E-state index in [4.69, 9.17) is 0 Å². The number of hydrogen-bond donors (Lipinski definition) is 2. The van der Waals surface area contributed by atoms with Crippen molar-refractivity contribution in [3.8, 4) is 0 Å². The molecule has 4 heteroatoms. The molecule has 3 rings (SSSR count). The Morgan fingerprint density at radius 2 is 1.60 bits per heavy atom. The minimum absolute atomic E-state index is 0.0747. The average Bonchev–Trinajstić information content (AvgIpc) is 2.86. The third kappa shape index (κ3) is 3.99. The second-order valence-electron chi connectivity index (χ2n) is 10.4. The topological polar surface area (TPSA) is 74.6 Å². The molecular weight excluding hydrogens is 376 g/mol. The minimum Gasteiger partial charge on any atom is -0.382 e. The number of rotatable bonds is 6. The highest BCUT2D eigenvalue weighted by Gasteiger charge is 2.46. The fourth-order valence-electron chi connectivity index (χ4n) is 4.87. The quantitative estimate of drug-likeness (QED) is 0.557. The first-order valence-corrected chi connectivity index (χ1v) is 10.4. The van der Waals surface area contributed by atoms with Crippen molar-refractivity contribution in [2.45, 2.75) is 76.4 Å². The van der Waals surface area contributed by atoms with Crippen molar-refractivity contribution in [1.82, 2.24) is 0 Å². The lowest BCUT2D eigenvalue weighted by Crippen LogP contribution is -2.31. The van der Waals surface area contributed by atoms with Gasteiger partial charge in [0.25, 0.3) is 0 Å². The Balaban J connectivity index is 2.01. The van der Waals surface area contributed by atoms with Crippen LogP contribution >= 0.6 is 0 Å². The van der Waals surface area contributed by atoms with Crippen LogP contribution in [0.3, 0.4) is 0 Å². The molecule has 0 radical (unpaired) electrons. The largest absolute Gasteiger partial charge is 0.382 e. The maximum absolute atomic E-state index is 12.4. The summed E-state index contributed by atoms with van der Waals surface area (Å²) in [6, 6.07) is 13.8. The number of benzene rings is 2. The maximum atomic E-state index is 12.4. The Bertz CT molecular complexity index is 977. The van der Waals surface area contributed by atoms with Crippen molar-refractivity contribution in [3.05, 3.63) is 70.3 Å². The fraction of sp³-hybridized carbons (Fsp3) is 0.462. The predicted molar refractivity (Wildman–Crippen MR) is 118 cm³/mol. The fourth-order valence-corrected chi connectivity index (χ4v) is 4.87. The molecule has 2 aromatic rings. The van der Waals surface area contributed by atoms with Crippen LogP contribution in [0.15, 0.2) is 42.5 Å². The Morgan fingerprint density at radius 3 is 2.13 bits per heavy atom. The molecule has 2 unspecified atom stereocenters. The van der Waals surface area contributed by atoms with Gasteiger partial charge in [0.05, 0.1) is 0 Å². The number of carbonyl (C=O) groups is 2. The molecule has 4 nitrogen and oxygen atoms in total. The molecule has 160 valence electrons. The van der Waals surface area contributed by atoms with Gasteiger partial charge in [0.1, 0.15) is 11.2 Å². The molecule has 0 saturated carbocycles. The zero-order valence-corrected chi connectivity index (χ0v) is 18.7. The van der Waals surface area contributed by atoms with Gasteiger partial charge >= 0.3 is 0 Å². The summed E-state index contributed by atoms with van der Waals surface area (Å²) in [5.41, 5.74) is 1.94. The molecule has 0 saturated heterocycles. The molecule has 0 fully saturated rings. The van der Waals surface area contributed by atoms with E-state index in [1.165, 1.54) is 31.9 Å². The van der Waals surface area contributed by atoms with E-state index in [1.54, 1.807) is 12.1 Å². The second-order valence-corrected chi connectivity index (χ2v) is 10.4. The van der Waals surface area contributed by atoms with Crippen molar-refractivity contribution >= 4 is 12.1 Å². The maximum Gasteiger partial charge on any atom is 0.193 e. The molecule has 0 bridgehead atoms. The summed E-state index contributed by atoms with van der Waals surface area (Å²) < 4.78 is 0. The number of aliphatic hydroxyl groups is 2. The average molecular weight is 409 g/mol. The van der Waals surface area contributed by atoms with Gasteiger partial charge in [0, 0.05) is 17.4 Å². The molecule has 2 atom stereocenters. The molecule has 0 aromatic heterocycles. The van der Waals surface area contributed by atoms with E-state index in [0.717, 1.165) is 17.5 Å². The standard InChI is InChI=1S/C26H32O4/c1-23(2)15-26(6,19-10-8-18(9-11-19)22(28)24(3,4)29)20-12-7-17(13-21(20)23)14-25(5,30)16-27/h7-13,16,29-30H,14-15H2,1-6H3. The van der Waals surface area contributed by atoms with Crippen LogP contribution in [-0.2, 0) is 22.0 Å². The monoisotopic (exact) mass is 408 g/mol. The molecule has 0 aliphatic heterocycles. The lowest BCUT2D eigenvalue weighted by atomic mass is 9.74. The van der Waals surface area contributed by atoms with Crippen LogP contribution < -0.4 is 0 Å². The lowest BCUT2D eigenvalue weighted by Gasteiger charge is -2.29. The first-order chi connectivity index (χ1) is 13.7. The highest BCUT2D eigenvalue weighted by molar-refractivity contribution is 6.01. The van der Waals surface area contributed by atoms with Crippen LogP contribution in [0.5, 0.6) is 0 Å². The number of hydrogen-bond acceptors (Lipinski definition) is 4. The van der Waals surface area contributed by atoms with Crippen LogP contribution in [0.1, 0.15) is 80.6 Å². The van der Waals surface area contributed by atoms with Crippen molar-refractivity contribution in [2.75, 3.05) is 0 Å². The zero-order chi connectivity index (χ0) is 22.5. The van der Waals surface area contributed by atoms with E-state index >= 15 is 0 Å². The highest BCUT2D eigenvalue weighted by atomic mass is 16.3.